The highest BCUT2D eigenvalue weighted by Crippen LogP contribution is 2.33. The molecule has 6 heteroatoms. The summed E-state index contributed by atoms with van der Waals surface area (Å²) in [5.41, 5.74) is 1.69. The van der Waals surface area contributed by atoms with Crippen LogP contribution in [-0.2, 0) is 16.0 Å². The fourth-order valence-corrected chi connectivity index (χ4v) is 3.00. The zero-order valence-corrected chi connectivity index (χ0v) is 12.5. The maximum Gasteiger partial charge on any atom is 0.308 e. The second-order valence-electron chi connectivity index (χ2n) is 5.68. The topological polar surface area (TPSA) is 83.4 Å². The minimum absolute atomic E-state index is 0.0931. The van der Waals surface area contributed by atoms with Crippen LogP contribution in [0.25, 0.3) is 0 Å². The van der Waals surface area contributed by atoms with E-state index in [2.05, 4.69) is 9.97 Å². The molecule has 118 valence electrons. The number of hydrogen-bond acceptors (Lipinski definition) is 4. The van der Waals surface area contributed by atoms with Gasteiger partial charge in [-0.1, -0.05) is 30.3 Å². The van der Waals surface area contributed by atoms with Crippen LogP contribution >= 0.6 is 0 Å². The Hall–Kier alpha value is -2.76. The first-order valence-corrected chi connectivity index (χ1v) is 7.44. The average Bonchev–Trinajstić information content (AvgIpc) is 3.02. The molecule has 2 heterocycles. The van der Waals surface area contributed by atoms with Gasteiger partial charge in [-0.3, -0.25) is 9.59 Å². The molecule has 6 nitrogen and oxygen atoms in total. The molecule has 0 aliphatic carbocycles. The molecule has 1 fully saturated rings. The third-order valence-electron chi connectivity index (χ3n) is 4.19. The molecule has 23 heavy (non-hydrogen) atoms. The number of carbonyl (C=O) groups excluding carboxylic acids is 1. The van der Waals surface area contributed by atoms with Gasteiger partial charge in [-0.15, -0.1) is 0 Å². The van der Waals surface area contributed by atoms with Gasteiger partial charge in [0.25, 0.3) is 0 Å². The summed E-state index contributed by atoms with van der Waals surface area (Å²) in [6.45, 7) is 0.662. The molecule has 1 aromatic carbocycles. The molecule has 0 unspecified atom stereocenters. The molecule has 1 aliphatic rings. The van der Waals surface area contributed by atoms with Gasteiger partial charge in [0, 0.05) is 31.4 Å². The molecular weight excluding hydrogens is 294 g/mol. The molecule has 2 aromatic rings. The lowest BCUT2D eigenvalue weighted by molar-refractivity contribution is -0.141. The molecule has 1 amide bonds. The van der Waals surface area contributed by atoms with Crippen molar-refractivity contribution in [3.63, 3.8) is 0 Å². The maximum atomic E-state index is 12.4. The van der Waals surface area contributed by atoms with Gasteiger partial charge in [-0.2, -0.15) is 0 Å². The van der Waals surface area contributed by atoms with Gasteiger partial charge in [-0.25, -0.2) is 9.97 Å². The van der Waals surface area contributed by atoms with Gasteiger partial charge in [-0.05, 0) is 11.1 Å². The van der Waals surface area contributed by atoms with E-state index in [-0.39, 0.29) is 24.8 Å². The SMILES string of the molecule is O=C(O)[C@@H]1CN(C(=O)Cc2cncnc2)C[C@@H]1c1ccccc1. The summed E-state index contributed by atoms with van der Waals surface area (Å²) < 4.78 is 0. The standard InChI is InChI=1S/C17H17N3O3/c21-16(6-12-7-18-11-19-8-12)20-9-14(15(10-20)17(22)23)13-4-2-1-3-5-13/h1-5,7-8,11,14-15H,6,9-10H2,(H,22,23)/t14-,15-/m1/s1. The number of carboxylic acids is 1. The van der Waals surface area contributed by atoms with Gasteiger partial charge < -0.3 is 10.0 Å². The van der Waals surface area contributed by atoms with E-state index < -0.39 is 11.9 Å². The lowest BCUT2D eigenvalue weighted by atomic mass is 9.89. The highest BCUT2D eigenvalue weighted by Gasteiger charge is 2.40. The minimum atomic E-state index is -0.864. The van der Waals surface area contributed by atoms with Crippen molar-refractivity contribution in [2.45, 2.75) is 12.3 Å². The summed E-state index contributed by atoms with van der Waals surface area (Å²) in [4.78, 5) is 33.4. The van der Waals surface area contributed by atoms with Gasteiger partial charge in [0.05, 0.1) is 12.3 Å². The summed E-state index contributed by atoms with van der Waals surface area (Å²) >= 11 is 0. The number of aromatic nitrogens is 2. The molecule has 3 rings (SSSR count). The third kappa shape index (κ3) is 3.36. The molecule has 1 N–H and O–H groups in total. The zero-order chi connectivity index (χ0) is 16.2. The van der Waals surface area contributed by atoms with Crippen LogP contribution in [0.15, 0.2) is 49.1 Å². The van der Waals surface area contributed by atoms with Crippen LogP contribution in [-0.4, -0.2) is 44.9 Å². The Labute approximate surface area is 133 Å². The number of carboxylic acid groups (broad SMARTS) is 1. The number of carbonyl (C=O) groups is 2. The lowest BCUT2D eigenvalue weighted by Gasteiger charge is -2.16. The van der Waals surface area contributed by atoms with Crippen molar-refractivity contribution < 1.29 is 14.7 Å². The van der Waals surface area contributed by atoms with E-state index in [4.69, 9.17) is 0 Å². The second-order valence-corrected chi connectivity index (χ2v) is 5.68. The van der Waals surface area contributed by atoms with Crippen LogP contribution in [0, 0.1) is 5.92 Å². The molecule has 0 saturated carbocycles. The number of aliphatic carboxylic acids is 1. The molecule has 2 atom stereocenters. The molecule has 1 aliphatic heterocycles. The quantitative estimate of drug-likeness (QED) is 0.921. The average molecular weight is 311 g/mol. The Balaban J connectivity index is 1.75. The van der Waals surface area contributed by atoms with Crippen LogP contribution in [0.1, 0.15) is 17.0 Å². The highest BCUT2D eigenvalue weighted by molar-refractivity contribution is 5.81. The maximum absolute atomic E-state index is 12.4. The van der Waals surface area contributed by atoms with Crippen LogP contribution in [0.4, 0.5) is 0 Å². The lowest BCUT2D eigenvalue weighted by Crippen LogP contribution is -2.31. The summed E-state index contributed by atoms with van der Waals surface area (Å²) in [7, 11) is 0. The largest absolute Gasteiger partial charge is 0.481 e. The monoisotopic (exact) mass is 311 g/mol. The Kier molecular flexibility index (Phi) is 4.32. The fraction of sp³-hybridized carbons (Fsp3) is 0.294. The van der Waals surface area contributed by atoms with Gasteiger partial charge in [0.15, 0.2) is 0 Å². The smallest absolute Gasteiger partial charge is 0.308 e. The number of rotatable bonds is 4. The number of likely N-dealkylation sites (tertiary alicyclic amines) is 1. The highest BCUT2D eigenvalue weighted by atomic mass is 16.4. The normalized spacial score (nSPS) is 20.4. The van der Waals surface area contributed by atoms with Crippen molar-refractivity contribution in [2.75, 3.05) is 13.1 Å². The van der Waals surface area contributed by atoms with Crippen molar-refractivity contribution in [3.8, 4) is 0 Å². The first-order chi connectivity index (χ1) is 11.1. The van der Waals surface area contributed by atoms with E-state index in [9.17, 15) is 14.7 Å². The van der Waals surface area contributed by atoms with Gasteiger partial charge in [0.1, 0.15) is 6.33 Å². The zero-order valence-electron chi connectivity index (χ0n) is 12.5. The molecule has 1 aromatic heterocycles. The summed E-state index contributed by atoms with van der Waals surface area (Å²) in [6.07, 6.45) is 4.80. The fourth-order valence-electron chi connectivity index (χ4n) is 3.00. The Morgan fingerprint density at radius 2 is 1.83 bits per heavy atom. The van der Waals surface area contributed by atoms with Gasteiger partial charge >= 0.3 is 5.97 Å². The molecule has 0 spiro atoms. The van der Waals surface area contributed by atoms with E-state index in [1.54, 1.807) is 17.3 Å². The predicted octanol–water partition coefficient (Wildman–Crippen LogP) is 1.35. The second kappa shape index (κ2) is 6.56. The molecule has 0 radical (unpaired) electrons. The molecule has 1 saturated heterocycles. The van der Waals surface area contributed by atoms with Crippen LogP contribution in [0.3, 0.4) is 0 Å². The predicted molar refractivity (Wildman–Crippen MR) is 82.6 cm³/mol. The summed E-state index contributed by atoms with van der Waals surface area (Å²) in [5.74, 6) is -1.71. The van der Waals surface area contributed by atoms with Crippen LogP contribution < -0.4 is 0 Å². The number of nitrogens with zero attached hydrogens (tertiary/aromatic N) is 3. The minimum Gasteiger partial charge on any atom is -0.481 e. The van der Waals surface area contributed by atoms with Crippen molar-refractivity contribution >= 4 is 11.9 Å². The Morgan fingerprint density at radius 3 is 2.48 bits per heavy atom. The molecule has 0 bridgehead atoms. The third-order valence-corrected chi connectivity index (χ3v) is 4.19. The van der Waals surface area contributed by atoms with E-state index in [1.165, 1.54) is 6.33 Å². The van der Waals surface area contributed by atoms with E-state index >= 15 is 0 Å². The number of amides is 1. The van der Waals surface area contributed by atoms with Crippen molar-refractivity contribution in [2.24, 2.45) is 5.92 Å². The Morgan fingerprint density at radius 1 is 1.13 bits per heavy atom. The van der Waals surface area contributed by atoms with Gasteiger partial charge in [0.2, 0.25) is 5.91 Å². The van der Waals surface area contributed by atoms with E-state index in [0.29, 0.717) is 6.54 Å². The first kappa shape index (κ1) is 15.1. The molecular formula is C17H17N3O3. The summed E-state index contributed by atoms with van der Waals surface area (Å²) in [6, 6.07) is 9.51. The van der Waals surface area contributed by atoms with Crippen LogP contribution in [0.2, 0.25) is 0 Å². The van der Waals surface area contributed by atoms with Crippen LogP contribution in [0.5, 0.6) is 0 Å². The summed E-state index contributed by atoms with van der Waals surface area (Å²) in [5, 5.41) is 9.48. The number of hydrogen-bond donors (Lipinski definition) is 1. The number of benzene rings is 1. The van der Waals surface area contributed by atoms with E-state index in [0.717, 1.165) is 11.1 Å². The first-order valence-electron chi connectivity index (χ1n) is 7.44. The van der Waals surface area contributed by atoms with Crippen molar-refractivity contribution in [1.29, 1.82) is 0 Å². The Bertz CT molecular complexity index is 691. The van der Waals surface area contributed by atoms with E-state index in [1.807, 2.05) is 30.3 Å². The van der Waals surface area contributed by atoms with Crippen molar-refractivity contribution in [3.05, 3.63) is 60.2 Å². The van der Waals surface area contributed by atoms with Crippen molar-refractivity contribution in [1.82, 2.24) is 14.9 Å².